The molecule has 16 heavy (non-hydrogen) atoms. The standard InChI is InChI=1S/C11H15ClN2OS/c1-15-5-2-6-16-8-3-4-9(11(13)14)10(12)7-8/h3-4,7H,2,5-6H2,1H3,(H3,13,14). The summed E-state index contributed by atoms with van der Waals surface area (Å²) in [7, 11) is 1.70. The molecular formula is C11H15ClN2OS. The van der Waals surface area contributed by atoms with Crippen molar-refractivity contribution in [3.63, 3.8) is 0 Å². The van der Waals surface area contributed by atoms with Crippen LogP contribution in [0.1, 0.15) is 12.0 Å². The van der Waals surface area contributed by atoms with Gasteiger partial charge in [-0.15, -0.1) is 11.8 Å². The number of thioether (sulfide) groups is 1. The van der Waals surface area contributed by atoms with Crippen LogP contribution in [0.3, 0.4) is 0 Å². The SMILES string of the molecule is COCCCSc1ccc(C(=N)N)c(Cl)c1. The van der Waals surface area contributed by atoms with Gasteiger partial charge in [0.05, 0.1) is 5.02 Å². The summed E-state index contributed by atoms with van der Waals surface area (Å²) in [6, 6.07) is 5.55. The fourth-order valence-corrected chi connectivity index (χ4v) is 2.41. The lowest BCUT2D eigenvalue weighted by Gasteiger charge is -2.05. The predicted molar refractivity (Wildman–Crippen MR) is 69.7 cm³/mol. The molecule has 0 unspecified atom stereocenters. The van der Waals surface area contributed by atoms with Crippen LogP contribution >= 0.6 is 23.4 Å². The van der Waals surface area contributed by atoms with Crippen LogP contribution in [0, 0.1) is 5.41 Å². The number of nitrogens with two attached hydrogens (primary N) is 1. The van der Waals surface area contributed by atoms with Crippen LogP contribution in [-0.2, 0) is 4.74 Å². The summed E-state index contributed by atoms with van der Waals surface area (Å²) < 4.78 is 4.97. The van der Waals surface area contributed by atoms with E-state index in [-0.39, 0.29) is 5.84 Å². The molecule has 0 saturated carbocycles. The predicted octanol–water partition coefficient (Wildman–Crippen LogP) is 2.75. The molecule has 1 aromatic carbocycles. The van der Waals surface area contributed by atoms with Crippen molar-refractivity contribution in [2.45, 2.75) is 11.3 Å². The quantitative estimate of drug-likeness (QED) is 0.357. The molecule has 88 valence electrons. The number of ether oxygens (including phenoxy) is 1. The van der Waals surface area contributed by atoms with Crippen LogP contribution < -0.4 is 5.73 Å². The van der Waals surface area contributed by atoms with E-state index in [0.717, 1.165) is 23.7 Å². The molecule has 0 fully saturated rings. The highest BCUT2D eigenvalue weighted by atomic mass is 35.5. The zero-order chi connectivity index (χ0) is 12.0. The highest BCUT2D eigenvalue weighted by Gasteiger charge is 2.04. The van der Waals surface area contributed by atoms with Gasteiger partial charge in [0.1, 0.15) is 5.84 Å². The Morgan fingerprint density at radius 3 is 2.88 bits per heavy atom. The largest absolute Gasteiger partial charge is 0.385 e. The average molecular weight is 259 g/mol. The van der Waals surface area contributed by atoms with Crippen molar-refractivity contribution in [1.29, 1.82) is 5.41 Å². The third-order valence-corrected chi connectivity index (χ3v) is 3.39. The fraction of sp³-hybridized carbons (Fsp3) is 0.364. The summed E-state index contributed by atoms with van der Waals surface area (Å²) in [6.45, 7) is 0.770. The van der Waals surface area contributed by atoms with Crippen molar-refractivity contribution in [2.75, 3.05) is 19.5 Å². The lowest BCUT2D eigenvalue weighted by molar-refractivity contribution is 0.200. The highest BCUT2D eigenvalue weighted by molar-refractivity contribution is 7.99. The molecule has 0 aromatic heterocycles. The maximum Gasteiger partial charge on any atom is 0.124 e. The molecule has 1 rings (SSSR count). The normalized spacial score (nSPS) is 10.4. The number of hydrogen-bond acceptors (Lipinski definition) is 3. The Morgan fingerprint density at radius 1 is 1.56 bits per heavy atom. The summed E-state index contributed by atoms with van der Waals surface area (Å²) in [5.74, 6) is 0.991. The minimum Gasteiger partial charge on any atom is -0.385 e. The van der Waals surface area contributed by atoms with Crippen molar-refractivity contribution in [3.05, 3.63) is 28.8 Å². The van der Waals surface area contributed by atoms with E-state index in [1.165, 1.54) is 0 Å². The molecule has 5 heteroatoms. The van der Waals surface area contributed by atoms with E-state index in [0.29, 0.717) is 10.6 Å². The zero-order valence-corrected chi connectivity index (χ0v) is 10.7. The zero-order valence-electron chi connectivity index (χ0n) is 9.13. The van der Waals surface area contributed by atoms with E-state index in [1.807, 2.05) is 12.1 Å². The van der Waals surface area contributed by atoms with Crippen LogP contribution in [0.4, 0.5) is 0 Å². The molecule has 0 atom stereocenters. The van der Waals surface area contributed by atoms with Gasteiger partial charge >= 0.3 is 0 Å². The molecule has 0 aliphatic heterocycles. The van der Waals surface area contributed by atoms with E-state index in [4.69, 9.17) is 27.5 Å². The van der Waals surface area contributed by atoms with Crippen LogP contribution in [0.15, 0.2) is 23.1 Å². The van der Waals surface area contributed by atoms with Crippen LogP contribution in [0.25, 0.3) is 0 Å². The molecule has 3 nitrogen and oxygen atoms in total. The molecule has 0 heterocycles. The molecule has 1 aromatic rings. The van der Waals surface area contributed by atoms with Gasteiger partial charge in [-0.2, -0.15) is 0 Å². The smallest absolute Gasteiger partial charge is 0.124 e. The first-order chi connectivity index (χ1) is 7.65. The maximum atomic E-state index is 7.31. The van der Waals surface area contributed by atoms with E-state index < -0.39 is 0 Å². The molecule has 0 aliphatic carbocycles. The summed E-state index contributed by atoms with van der Waals surface area (Å²) in [5.41, 5.74) is 5.97. The molecule has 0 radical (unpaired) electrons. The van der Waals surface area contributed by atoms with Gasteiger partial charge in [-0.25, -0.2) is 0 Å². The first-order valence-corrected chi connectivity index (χ1v) is 6.27. The lowest BCUT2D eigenvalue weighted by atomic mass is 10.2. The van der Waals surface area contributed by atoms with Gasteiger partial charge in [-0.1, -0.05) is 11.6 Å². The van der Waals surface area contributed by atoms with E-state index in [9.17, 15) is 0 Å². The number of hydrogen-bond donors (Lipinski definition) is 2. The summed E-state index contributed by atoms with van der Waals surface area (Å²) in [6.07, 6.45) is 1.01. The molecule has 0 aliphatic rings. The van der Waals surface area contributed by atoms with Crippen molar-refractivity contribution >= 4 is 29.2 Å². The third-order valence-electron chi connectivity index (χ3n) is 1.99. The summed E-state index contributed by atoms with van der Waals surface area (Å²) >= 11 is 7.72. The van der Waals surface area contributed by atoms with Crippen LogP contribution in [-0.4, -0.2) is 25.3 Å². The minimum atomic E-state index is 0.000864. The lowest BCUT2D eigenvalue weighted by Crippen LogP contribution is -2.11. The molecule has 0 amide bonds. The van der Waals surface area contributed by atoms with E-state index in [2.05, 4.69) is 0 Å². The summed E-state index contributed by atoms with van der Waals surface area (Å²) in [5, 5.41) is 7.84. The van der Waals surface area contributed by atoms with Crippen molar-refractivity contribution in [3.8, 4) is 0 Å². The Labute approximate surface area is 105 Å². The van der Waals surface area contributed by atoms with Gasteiger partial charge in [0.15, 0.2) is 0 Å². The Bertz CT molecular complexity index is 371. The van der Waals surface area contributed by atoms with Gasteiger partial charge in [-0.3, -0.25) is 5.41 Å². The first-order valence-electron chi connectivity index (χ1n) is 4.91. The number of rotatable bonds is 6. The van der Waals surface area contributed by atoms with Gasteiger partial charge < -0.3 is 10.5 Å². The molecule has 3 N–H and O–H groups in total. The monoisotopic (exact) mass is 258 g/mol. The van der Waals surface area contributed by atoms with Crippen LogP contribution in [0.2, 0.25) is 5.02 Å². The Kier molecular flexibility index (Phi) is 5.66. The Balaban J connectivity index is 2.56. The highest BCUT2D eigenvalue weighted by Crippen LogP contribution is 2.25. The summed E-state index contributed by atoms with van der Waals surface area (Å²) in [4.78, 5) is 1.09. The number of nitrogens with one attached hydrogen (secondary N) is 1. The number of amidine groups is 1. The fourth-order valence-electron chi connectivity index (χ4n) is 1.20. The number of methoxy groups -OCH3 is 1. The van der Waals surface area contributed by atoms with E-state index >= 15 is 0 Å². The second-order valence-corrected chi connectivity index (χ2v) is 4.83. The number of halogens is 1. The van der Waals surface area contributed by atoms with E-state index in [1.54, 1.807) is 24.9 Å². The first kappa shape index (κ1) is 13.4. The second kappa shape index (κ2) is 6.78. The second-order valence-electron chi connectivity index (χ2n) is 3.25. The Morgan fingerprint density at radius 2 is 2.31 bits per heavy atom. The van der Waals surface area contributed by atoms with Crippen molar-refractivity contribution < 1.29 is 4.74 Å². The van der Waals surface area contributed by atoms with Gasteiger partial charge in [-0.05, 0) is 24.6 Å². The third kappa shape index (κ3) is 4.04. The van der Waals surface area contributed by atoms with Crippen molar-refractivity contribution in [2.24, 2.45) is 5.73 Å². The maximum absolute atomic E-state index is 7.31. The molecule has 0 spiro atoms. The average Bonchev–Trinajstić information content (AvgIpc) is 2.24. The molecule has 0 saturated heterocycles. The number of benzene rings is 1. The van der Waals surface area contributed by atoms with Crippen molar-refractivity contribution in [1.82, 2.24) is 0 Å². The van der Waals surface area contributed by atoms with Crippen LogP contribution in [0.5, 0.6) is 0 Å². The molecular weight excluding hydrogens is 244 g/mol. The van der Waals surface area contributed by atoms with Gasteiger partial charge in [0.2, 0.25) is 0 Å². The van der Waals surface area contributed by atoms with Gasteiger partial charge in [0.25, 0.3) is 0 Å². The Hall–Kier alpha value is -0.710. The molecule has 0 bridgehead atoms. The number of nitrogen functional groups attached to an aromatic ring is 1. The van der Waals surface area contributed by atoms with Gasteiger partial charge in [0, 0.05) is 29.9 Å². The topological polar surface area (TPSA) is 59.1 Å². The minimum absolute atomic E-state index is 0.000864.